The van der Waals surface area contributed by atoms with Gasteiger partial charge in [-0.05, 0) is 19.8 Å². The van der Waals surface area contributed by atoms with E-state index in [4.69, 9.17) is 9.47 Å². The summed E-state index contributed by atoms with van der Waals surface area (Å²) in [7, 11) is 0. The molecule has 0 aliphatic carbocycles. The predicted octanol–water partition coefficient (Wildman–Crippen LogP) is 0.763. The summed E-state index contributed by atoms with van der Waals surface area (Å²) in [6.45, 7) is 2.16. The smallest absolute Gasteiger partial charge is 0.174 e. The van der Waals surface area contributed by atoms with E-state index in [9.17, 15) is 10.2 Å². The quantitative estimate of drug-likeness (QED) is 0.609. The minimum absolute atomic E-state index is 0.363. The van der Waals surface area contributed by atoms with Crippen molar-refractivity contribution in [2.24, 2.45) is 0 Å². The third kappa shape index (κ3) is 2.08. The molecular formula is C10H18O4. The van der Waals surface area contributed by atoms with Gasteiger partial charge in [0, 0.05) is 19.3 Å². The van der Waals surface area contributed by atoms with Crippen LogP contribution in [0.4, 0.5) is 0 Å². The first-order valence-corrected chi connectivity index (χ1v) is 5.26. The van der Waals surface area contributed by atoms with Crippen LogP contribution in [0.5, 0.6) is 0 Å². The van der Waals surface area contributed by atoms with Crippen LogP contribution in [-0.4, -0.2) is 34.5 Å². The van der Waals surface area contributed by atoms with E-state index in [0.29, 0.717) is 25.9 Å². The van der Waals surface area contributed by atoms with Crippen LogP contribution in [0.1, 0.15) is 39.0 Å². The van der Waals surface area contributed by atoms with E-state index < -0.39 is 11.6 Å². The summed E-state index contributed by atoms with van der Waals surface area (Å²) < 4.78 is 11.1. The van der Waals surface area contributed by atoms with Gasteiger partial charge < -0.3 is 19.7 Å². The molecule has 2 aliphatic heterocycles. The molecule has 0 amide bonds. The van der Waals surface area contributed by atoms with Gasteiger partial charge in [-0.2, -0.15) is 0 Å². The minimum Gasteiger partial charge on any atom is -0.393 e. The van der Waals surface area contributed by atoms with E-state index in [-0.39, 0.29) is 6.10 Å². The van der Waals surface area contributed by atoms with E-state index in [2.05, 4.69) is 0 Å². The van der Waals surface area contributed by atoms with Gasteiger partial charge in [-0.15, -0.1) is 0 Å². The molecule has 0 bridgehead atoms. The van der Waals surface area contributed by atoms with Crippen LogP contribution in [0.3, 0.4) is 0 Å². The minimum atomic E-state index is -1.10. The molecule has 0 radical (unpaired) electrons. The van der Waals surface area contributed by atoms with Crippen molar-refractivity contribution in [2.45, 2.75) is 56.7 Å². The summed E-state index contributed by atoms with van der Waals surface area (Å²) in [6.07, 6.45) is 3.04. The molecule has 0 aromatic heterocycles. The first-order valence-electron chi connectivity index (χ1n) is 5.26. The van der Waals surface area contributed by atoms with Crippen LogP contribution in [0, 0.1) is 0 Å². The molecule has 4 nitrogen and oxygen atoms in total. The molecule has 1 spiro atoms. The highest BCUT2D eigenvalue weighted by molar-refractivity contribution is 4.85. The van der Waals surface area contributed by atoms with Crippen molar-refractivity contribution in [3.8, 4) is 0 Å². The monoisotopic (exact) mass is 202 g/mol. The van der Waals surface area contributed by atoms with Crippen molar-refractivity contribution < 1.29 is 19.7 Å². The summed E-state index contributed by atoms with van der Waals surface area (Å²) >= 11 is 0. The topological polar surface area (TPSA) is 58.9 Å². The third-order valence-corrected chi connectivity index (χ3v) is 2.97. The van der Waals surface area contributed by atoms with Crippen molar-refractivity contribution in [1.82, 2.24) is 0 Å². The Morgan fingerprint density at radius 1 is 1.36 bits per heavy atom. The first kappa shape index (κ1) is 10.4. The van der Waals surface area contributed by atoms with Crippen molar-refractivity contribution in [3.63, 3.8) is 0 Å². The van der Waals surface area contributed by atoms with Crippen LogP contribution < -0.4 is 0 Å². The molecular weight excluding hydrogens is 184 g/mol. The summed E-state index contributed by atoms with van der Waals surface area (Å²) in [5.41, 5.74) is 0. The molecule has 0 aromatic carbocycles. The van der Waals surface area contributed by atoms with Crippen LogP contribution in [0.25, 0.3) is 0 Å². The van der Waals surface area contributed by atoms with Crippen molar-refractivity contribution in [2.75, 3.05) is 6.61 Å². The average molecular weight is 202 g/mol. The zero-order chi connectivity index (χ0) is 10.2. The second-order valence-corrected chi connectivity index (χ2v) is 4.54. The van der Waals surface area contributed by atoms with Crippen LogP contribution in [0.2, 0.25) is 0 Å². The number of hydrogen-bond donors (Lipinski definition) is 2. The standard InChI is InChI=1S/C10H18O4/c1-9(12)4-2-5-10(14-9)7-8(11)3-6-13-10/h8,11-12H,2-7H2,1H3. The molecule has 14 heavy (non-hydrogen) atoms. The summed E-state index contributed by atoms with van der Waals surface area (Å²) in [5, 5.41) is 19.3. The van der Waals surface area contributed by atoms with Gasteiger partial charge in [0.05, 0.1) is 12.7 Å². The Morgan fingerprint density at radius 2 is 2.14 bits per heavy atom. The molecule has 2 heterocycles. The molecule has 2 rings (SSSR count). The zero-order valence-electron chi connectivity index (χ0n) is 8.53. The van der Waals surface area contributed by atoms with Crippen molar-refractivity contribution in [3.05, 3.63) is 0 Å². The van der Waals surface area contributed by atoms with Gasteiger partial charge in [0.2, 0.25) is 0 Å². The fourth-order valence-corrected chi connectivity index (χ4v) is 2.33. The lowest BCUT2D eigenvalue weighted by molar-refractivity contribution is -0.379. The third-order valence-electron chi connectivity index (χ3n) is 2.97. The maximum absolute atomic E-state index is 9.79. The second-order valence-electron chi connectivity index (χ2n) is 4.54. The van der Waals surface area contributed by atoms with E-state index in [1.54, 1.807) is 6.92 Å². The van der Waals surface area contributed by atoms with Crippen LogP contribution in [0.15, 0.2) is 0 Å². The largest absolute Gasteiger partial charge is 0.393 e. The Bertz CT molecular complexity index is 212. The lowest BCUT2D eigenvalue weighted by atomic mass is 9.92. The molecule has 3 atom stereocenters. The predicted molar refractivity (Wildman–Crippen MR) is 49.5 cm³/mol. The number of aliphatic hydroxyl groups excluding tert-OH is 1. The fraction of sp³-hybridized carbons (Fsp3) is 1.00. The van der Waals surface area contributed by atoms with Crippen molar-refractivity contribution in [1.29, 1.82) is 0 Å². The Labute approximate surface area is 83.8 Å². The van der Waals surface area contributed by atoms with Gasteiger partial charge in [-0.1, -0.05) is 0 Å². The van der Waals surface area contributed by atoms with Gasteiger partial charge in [0.15, 0.2) is 11.6 Å². The molecule has 2 saturated heterocycles. The van der Waals surface area contributed by atoms with Gasteiger partial charge >= 0.3 is 0 Å². The highest BCUT2D eigenvalue weighted by Crippen LogP contribution is 2.40. The molecule has 2 aliphatic rings. The molecule has 2 fully saturated rings. The van der Waals surface area contributed by atoms with Gasteiger partial charge in [0.25, 0.3) is 0 Å². The zero-order valence-corrected chi connectivity index (χ0v) is 8.53. The van der Waals surface area contributed by atoms with Crippen molar-refractivity contribution >= 4 is 0 Å². The SMILES string of the molecule is CC1(O)CCCC2(CC(O)CCO2)O1. The Balaban J connectivity index is 2.06. The van der Waals surface area contributed by atoms with Gasteiger partial charge in [-0.25, -0.2) is 0 Å². The highest BCUT2D eigenvalue weighted by atomic mass is 16.8. The van der Waals surface area contributed by atoms with Crippen LogP contribution >= 0.6 is 0 Å². The molecule has 82 valence electrons. The van der Waals surface area contributed by atoms with E-state index in [0.717, 1.165) is 12.8 Å². The van der Waals surface area contributed by atoms with Crippen LogP contribution in [-0.2, 0) is 9.47 Å². The average Bonchev–Trinajstić information content (AvgIpc) is 2.00. The second kappa shape index (κ2) is 3.45. The van der Waals surface area contributed by atoms with E-state index >= 15 is 0 Å². The van der Waals surface area contributed by atoms with E-state index in [1.807, 2.05) is 0 Å². The Hall–Kier alpha value is -0.160. The summed E-state index contributed by atoms with van der Waals surface area (Å²) in [4.78, 5) is 0. The maximum Gasteiger partial charge on any atom is 0.174 e. The molecule has 0 aromatic rings. The lowest BCUT2D eigenvalue weighted by Crippen LogP contribution is -2.52. The van der Waals surface area contributed by atoms with Gasteiger partial charge in [-0.3, -0.25) is 0 Å². The van der Waals surface area contributed by atoms with E-state index in [1.165, 1.54) is 0 Å². The number of ether oxygens (including phenoxy) is 2. The fourth-order valence-electron chi connectivity index (χ4n) is 2.33. The summed E-state index contributed by atoms with van der Waals surface area (Å²) in [5.74, 6) is -1.84. The normalized spacial score (nSPS) is 49.5. The molecule has 3 unspecified atom stereocenters. The Kier molecular flexibility index (Phi) is 2.55. The Morgan fingerprint density at radius 3 is 2.79 bits per heavy atom. The lowest BCUT2D eigenvalue weighted by Gasteiger charge is -2.46. The molecule has 2 N–H and O–H groups in total. The highest BCUT2D eigenvalue weighted by Gasteiger charge is 2.46. The van der Waals surface area contributed by atoms with Gasteiger partial charge in [0.1, 0.15) is 0 Å². The first-order chi connectivity index (χ1) is 6.52. The molecule has 0 saturated carbocycles. The maximum atomic E-state index is 9.79. The number of rotatable bonds is 0. The number of aliphatic hydroxyl groups is 2. The number of hydrogen-bond acceptors (Lipinski definition) is 4. The molecule has 4 heteroatoms. The summed E-state index contributed by atoms with van der Waals surface area (Å²) in [6, 6.07) is 0.